The van der Waals surface area contributed by atoms with Crippen molar-refractivity contribution in [2.24, 2.45) is 0 Å². The third-order valence-corrected chi connectivity index (χ3v) is 4.34. The molecule has 0 saturated heterocycles. The average Bonchev–Trinajstić information content (AvgIpc) is 3.28. The van der Waals surface area contributed by atoms with E-state index >= 15 is 0 Å². The molecular formula is C19H15F3N4. The lowest BCUT2D eigenvalue weighted by Crippen LogP contribution is -2.11. The van der Waals surface area contributed by atoms with Crippen molar-refractivity contribution in [3.63, 3.8) is 0 Å². The van der Waals surface area contributed by atoms with Gasteiger partial charge in [-0.3, -0.25) is 4.68 Å². The Balaban J connectivity index is 1.56. The molecule has 0 aliphatic rings. The highest BCUT2D eigenvalue weighted by atomic mass is 19.4. The molecule has 4 rings (SSSR count). The third-order valence-electron chi connectivity index (χ3n) is 4.34. The number of rotatable bonds is 4. The number of fused-ring (bicyclic) bond motifs is 1. The Hall–Kier alpha value is -3.09. The third kappa shape index (κ3) is 3.08. The Morgan fingerprint density at radius 1 is 1.08 bits per heavy atom. The molecule has 0 unspecified atom stereocenters. The molecule has 1 aromatic carbocycles. The van der Waals surface area contributed by atoms with Crippen LogP contribution in [0.15, 0.2) is 61.2 Å². The van der Waals surface area contributed by atoms with Crippen molar-refractivity contribution in [2.45, 2.75) is 19.1 Å². The zero-order chi connectivity index (χ0) is 18.1. The minimum atomic E-state index is -4.34. The summed E-state index contributed by atoms with van der Waals surface area (Å²) in [6, 6.07) is 9.50. The van der Waals surface area contributed by atoms with Crippen LogP contribution in [-0.4, -0.2) is 19.7 Å². The van der Waals surface area contributed by atoms with Crippen molar-refractivity contribution in [1.82, 2.24) is 19.7 Å². The number of hydrogen-bond donors (Lipinski definition) is 1. The van der Waals surface area contributed by atoms with Gasteiger partial charge in [0.2, 0.25) is 0 Å². The van der Waals surface area contributed by atoms with Crippen LogP contribution < -0.4 is 0 Å². The van der Waals surface area contributed by atoms with Crippen LogP contribution in [0.25, 0.3) is 22.2 Å². The number of aryl methyl sites for hydroxylation is 2. The van der Waals surface area contributed by atoms with Gasteiger partial charge in [0, 0.05) is 36.1 Å². The molecule has 0 aliphatic heterocycles. The Bertz CT molecular complexity index is 1050. The highest BCUT2D eigenvalue weighted by molar-refractivity contribution is 5.92. The van der Waals surface area contributed by atoms with Gasteiger partial charge in [0.05, 0.1) is 11.8 Å². The van der Waals surface area contributed by atoms with E-state index in [0.29, 0.717) is 6.54 Å². The second-order valence-electron chi connectivity index (χ2n) is 6.00. The van der Waals surface area contributed by atoms with Crippen molar-refractivity contribution in [3.05, 3.63) is 72.3 Å². The number of hydrogen-bond acceptors (Lipinski definition) is 2. The molecule has 4 nitrogen and oxygen atoms in total. The van der Waals surface area contributed by atoms with Crippen LogP contribution in [0.5, 0.6) is 0 Å². The summed E-state index contributed by atoms with van der Waals surface area (Å²) in [6.45, 7) is 0.370. The Morgan fingerprint density at radius 2 is 1.92 bits per heavy atom. The Kier molecular flexibility index (Phi) is 3.99. The monoisotopic (exact) mass is 356 g/mol. The van der Waals surface area contributed by atoms with E-state index < -0.39 is 11.7 Å². The molecule has 0 saturated carbocycles. The molecule has 26 heavy (non-hydrogen) atoms. The maximum absolute atomic E-state index is 13.1. The number of aromatic nitrogens is 4. The summed E-state index contributed by atoms with van der Waals surface area (Å²) in [7, 11) is 0. The van der Waals surface area contributed by atoms with Crippen LogP contribution in [-0.2, 0) is 19.1 Å². The number of H-pyrrole nitrogens is 1. The SMILES string of the molecule is FC(F)(F)c1ccccc1CCn1cc(-c2ccnc3[nH]ccc23)cn1. The maximum Gasteiger partial charge on any atom is 0.416 e. The number of pyridine rings is 1. The van der Waals surface area contributed by atoms with E-state index in [1.165, 1.54) is 12.1 Å². The van der Waals surface area contributed by atoms with Crippen LogP contribution in [0.2, 0.25) is 0 Å². The number of benzene rings is 1. The highest BCUT2D eigenvalue weighted by Crippen LogP contribution is 2.32. The second-order valence-corrected chi connectivity index (χ2v) is 6.00. The van der Waals surface area contributed by atoms with Gasteiger partial charge < -0.3 is 4.98 Å². The number of halogens is 3. The van der Waals surface area contributed by atoms with E-state index in [-0.39, 0.29) is 12.0 Å². The van der Waals surface area contributed by atoms with Crippen molar-refractivity contribution in [2.75, 3.05) is 0 Å². The molecule has 0 radical (unpaired) electrons. The van der Waals surface area contributed by atoms with Gasteiger partial charge in [-0.05, 0) is 35.7 Å². The normalized spacial score (nSPS) is 12.0. The molecule has 7 heteroatoms. The topological polar surface area (TPSA) is 46.5 Å². The van der Waals surface area contributed by atoms with Gasteiger partial charge >= 0.3 is 6.18 Å². The zero-order valence-corrected chi connectivity index (χ0v) is 13.7. The van der Waals surface area contributed by atoms with Gasteiger partial charge in [0.15, 0.2) is 0 Å². The quantitative estimate of drug-likeness (QED) is 0.577. The molecule has 0 amide bonds. The summed E-state index contributed by atoms with van der Waals surface area (Å²) in [5, 5.41) is 5.28. The number of nitrogens with zero attached hydrogens (tertiary/aromatic N) is 3. The molecule has 0 atom stereocenters. The van der Waals surface area contributed by atoms with Crippen molar-refractivity contribution in [3.8, 4) is 11.1 Å². The standard InChI is InChI=1S/C19H15F3N4/c20-19(21,22)17-4-2-1-3-13(17)7-10-26-12-14(11-25-26)15-5-8-23-18-16(15)6-9-24-18/h1-6,8-9,11-12H,7,10H2,(H,23,24). The fourth-order valence-electron chi connectivity index (χ4n) is 3.09. The Labute approximate surface area is 147 Å². The summed E-state index contributed by atoms with van der Waals surface area (Å²) in [4.78, 5) is 7.31. The maximum atomic E-state index is 13.1. The average molecular weight is 356 g/mol. The second kappa shape index (κ2) is 6.33. The van der Waals surface area contributed by atoms with Crippen molar-refractivity contribution < 1.29 is 13.2 Å². The molecule has 1 N–H and O–H groups in total. The van der Waals surface area contributed by atoms with Crippen molar-refractivity contribution in [1.29, 1.82) is 0 Å². The molecule has 4 aromatic rings. The molecule has 0 bridgehead atoms. The minimum Gasteiger partial charge on any atom is -0.346 e. The van der Waals surface area contributed by atoms with Gasteiger partial charge in [-0.25, -0.2) is 4.98 Å². The van der Waals surface area contributed by atoms with Gasteiger partial charge in [-0.2, -0.15) is 18.3 Å². The predicted octanol–water partition coefficient (Wildman–Crippen LogP) is 4.69. The molecular weight excluding hydrogens is 341 g/mol. The van der Waals surface area contributed by atoms with Crippen LogP contribution in [0, 0.1) is 0 Å². The summed E-state index contributed by atoms with van der Waals surface area (Å²) in [5.74, 6) is 0. The van der Waals surface area contributed by atoms with E-state index in [1.807, 2.05) is 24.5 Å². The van der Waals surface area contributed by atoms with E-state index in [1.54, 1.807) is 23.1 Å². The Morgan fingerprint density at radius 3 is 2.77 bits per heavy atom. The molecule has 0 spiro atoms. The van der Waals surface area contributed by atoms with E-state index in [9.17, 15) is 13.2 Å². The molecule has 3 heterocycles. The van der Waals surface area contributed by atoms with Crippen LogP contribution in [0.1, 0.15) is 11.1 Å². The van der Waals surface area contributed by atoms with E-state index in [4.69, 9.17) is 0 Å². The molecule has 3 aromatic heterocycles. The summed E-state index contributed by atoms with van der Waals surface area (Å²) >= 11 is 0. The van der Waals surface area contributed by atoms with Gasteiger partial charge in [0.1, 0.15) is 5.65 Å². The fraction of sp³-hybridized carbons (Fsp3) is 0.158. The van der Waals surface area contributed by atoms with Crippen LogP contribution in [0.4, 0.5) is 13.2 Å². The van der Waals surface area contributed by atoms with E-state index in [2.05, 4.69) is 15.1 Å². The lowest BCUT2D eigenvalue weighted by atomic mass is 10.0. The number of alkyl halides is 3. The smallest absolute Gasteiger partial charge is 0.346 e. The fourth-order valence-corrected chi connectivity index (χ4v) is 3.09. The van der Waals surface area contributed by atoms with Crippen LogP contribution in [0.3, 0.4) is 0 Å². The van der Waals surface area contributed by atoms with E-state index in [0.717, 1.165) is 28.2 Å². The highest BCUT2D eigenvalue weighted by Gasteiger charge is 2.32. The first-order valence-electron chi connectivity index (χ1n) is 8.12. The zero-order valence-electron chi connectivity index (χ0n) is 13.7. The summed E-state index contributed by atoms with van der Waals surface area (Å²) in [6.07, 6.45) is 3.01. The van der Waals surface area contributed by atoms with Gasteiger partial charge in [-0.15, -0.1) is 0 Å². The van der Waals surface area contributed by atoms with Crippen LogP contribution >= 0.6 is 0 Å². The summed E-state index contributed by atoms with van der Waals surface area (Å²) < 4.78 is 40.9. The first kappa shape index (κ1) is 16.4. The minimum absolute atomic E-state index is 0.257. The lowest BCUT2D eigenvalue weighted by Gasteiger charge is -2.12. The largest absolute Gasteiger partial charge is 0.416 e. The predicted molar refractivity (Wildman–Crippen MR) is 92.5 cm³/mol. The number of aromatic amines is 1. The first-order valence-corrected chi connectivity index (χ1v) is 8.12. The van der Waals surface area contributed by atoms with Gasteiger partial charge in [0.25, 0.3) is 0 Å². The first-order chi connectivity index (χ1) is 12.5. The molecule has 132 valence electrons. The van der Waals surface area contributed by atoms with Gasteiger partial charge in [-0.1, -0.05) is 18.2 Å². The lowest BCUT2D eigenvalue weighted by molar-refractivity contribution is -0.138. The molecule has 0 fully saturated rings. The summed E-state index contributed by atoms with van der Waals surface area (Å²) in [5.41, 5.74) is 2.36. The number of nitrogens with one attached hydrogen (secondary N) is 1. The van der Waals surface area contributed by atoms with Crippen molar-refractivity contribution >= 4 is 11.0 Å². The molecule has 0 aliphatic carbocycles.